The van der Waals surface area contributed by atoms with E-state index >= 15 is 0 Å². The topological polar surface area (TPSA) is 141 Å². The number of hydrogen-bond acceptors (Lipinski definition) is 5. The molecule has 0 bridgehead atoms. The molecule has 10 heteroatoms. The van der Waals surface area contributed by atoms with Crippen molar-refractivity contribution in [1.29, 1.82) is 0 Å². The van der Waals surface area contributed by atoms with Gasteiger partial charge in [0.1, 0.15) is 13.1 Å². The van der Waals surface area contributed by atoms with Gasteiger partial charge in [-0.3, -0.25) is 9.59 Å². The smallest absolute Gasteiger partial charge is 0.341 e. The van der Waals surface area contributed by atoms with Crippen LogP contribution in [0.15, 0.2) is 44.7 Å². The Hall–Kier alpha value is -3.43. The summed E-state index contributed by atoms with van der Waals surface area (Å²) in [5.74, 6) is -2.96. The maximum absolute atomic E-state index is 12.3. The monoisotopic (exact) mass is 321 g/mol. The molecule has 120 valence electrons. The average molecular weight is 321 g/mol. The van der Waals surface area contributed by atoms with Crippen LogP contribution in [0.25, 0.3) is 5.69 Å². The molecule has 1 aromatic heterocycles. The highest BCUT2D eigenvalue weighted by Gasteiger charge is 2.19. The van der Waals surface area contributed by atoms with Gasteiger partial charge in [-0.15, -0.1) is 0 Å². The number of carboxylic acids is 2. The van der Waals surface area contributed by atoms with E-state index in [0.29, 0.717) is 13.7 Å². The minimum absolute atomic E-state index is 0.0841. The van der Waals surface area contributed by atoms with Crippen molar-refractivity contribution >= 4 is 11.9 Å². The maximum Gasteiger partial charge on any atom is 0.341 e. The molecule has 2 N–H and O–H groups in total. The van der Waals surface area contributed by atoms with Crippen LogP contribution in [0.2, 0.25) is 0 Å². The molecular formula is C13H11N3O7. The fourth-order valence-corrected chi connectivity index (χ4v) is 1.97. The zero-order chi connectivity index (χ0) is 17.1. The van der Waals surface area contributed by atoms with Gasteiger partial charge >= 0.3 is 29.0 Å². The van der Waals surface area contributed by atoms with Crippen LogP contribution in [-0.2, 0) is 22.7 Å². The number of carboxylic acid groups (broad SMARTS) is 2. The molecule has 0 fully saturated rings. The quantitative estimate of drug-likeness (QED) is 0.670. The summed E-state index contributed by atoms with van der Waals surface area (Å²) in [6.45, 7) is -1.99. The molecule has 0 spiro atoms. The van der Waals surface area contributed by atoms with Gasteiger partial charge in [0.15, 0.2) is 0 Å². The van der Waals surface area contributed by atoms with Crippen LogP contribution < -0.4 is 17.1 Å². The Morgan fingerprint density at radius 3 is 1.61 bits per heavy atom. The molecule has 0 radical (unpaired) electrons. The van der Waals surface area contributed by atoms with Crippen molar-refractivity contribution in [1.82, 2.24) is 13.7 Å². The van der Waals surface area contributed by atoms with Gasteiger partial charge < -0.3 is 10.2 Å². The van der Waals surface area contributed by atoms with Gasteiger partial charge in [-0.2, -0.15) is 0 Å². The van der Waals surface area contributed by atoms with E-state index in [2.05, 4.69) is 0 Å². The zero-order valence-corrected chi connectivity index (χ0v) is 11.6. The van der Waals surface area contributed by atoms with Gasteiger partial charge in [-0.05, 0) is 12.1 Å². The molecule has 0 saturated heterocycles. The molecule has 0 aliphatic rings. The average Bonchev–Trinajstić information content (AvgIpc) is 2.49. The van der Waals surface area contributed by atoms with E-state index in [0.717, 1.165) is 0 Å². The predicted molar refractivity (Wildman–Crippen MR) is 75.8 cm³/mol. The van der Waals surface area contributed by atoms with Crippen LogP contribution in [0.3, 0.4) is 0 Å². The number of nitrogens with zero attached hydrogens (tertiary/aromatic N) is 3. The molecule has 23 heavy (non-hydrogen) atoms. The lowest BCUT2D eigenvalue weighted by atomic mass is 10.3. The van der Waals surface area contributed by atoms with Gasteiger partial charge in [0.25, 0.3) is 0 Å². The molecule has 2 rings (SSSR count). The highest BCUT2D eigenvalue weighted by molar-refractivity contribution is 5.67. The standard InChI is InChI=1S/C13H11N3O7/c17-9(18)6-14-11(21)15(7-10(19)20)13(23)16(12(14)22)8-4-2-1-3-5-8/h1-5H,6-7H2,(H,17,18)(H,19,20). The fraction of sp³-hybridized carbons (Fsp3) is 0.154. The van der Waals surface area contributed by atoms with Gasteiger partial charge in [-0.25, -0.2) is 28.1 Å². The van der Waals surface area contributed by atoms with Crippen molar-refractivity contribution in [3.63, 3.8) is 0 Å². The van der Waals surface area contributed by atoms with Crippen molar-refractivity contribution in [2.45, 2.75) is 13.1 Å². The second-order valence-corrected chi connectivity index (χ2v) is 4.48. The first-order valence-electron chi connectivity index (χ1n) is 6.28. The summed E-state index contributed by atoms with van der Waals surface area (Å²) in [5.41, 5.74) is -3.52. The normalized spacial score (nSPS) is 10.4. The summed E-state index contributed by atoms with van der Waals surface area (Å²) in [6, 6.07) is 7.45. The van der Waals surface area contributed by atoms with Gasteiger partial charge in [-0.1, -0.05) is 18.2 Å². The van der Waals surface area contributed by atoms with E-state index in [1.165, 1.54) is 24.3 Å². The molecular weight excluding hydrogens is 310 g/mol. The predicted octanol–water partition coefficient (Wildman–Crippen LogP) is -1.67. The lowest BCUT2D eigenvalue weighted by Gasteiger charge is -2.11. The first-order chi connectivity index (χ1) is 10.8. The van der Waals surface area contributed by atoms with Crippen LogP contribution in [0.1, 0.15) is 0 Å². The molecule has 0 unspecified atom stereocenters. The van der Waals surface area contributed by atoms with Crippen LogP contribution in [0, 0.1) is 0 Å². The Bertz CT molecular complexity index is 883. The second-order valence-electron chi connectivity index (χ2n) is 4.48. The van der Waals surface area contributed by atoms with Crippen molar-refractivity contribution in [3.8, 4) is 5.69 Å². The minimum Gasteiger partial charge on any atom is -0.480 e. The lowest BCUT2D eigenvalue weighted by Crippen LogP contribution is -2.55. The molecule has 0 amide bonds. The number of benzene rings is 1. The Balaban J connectivity index is 2.89. The molecule has 2 aromatic rings. The Kier molecular flexibility index (Phi) is 4.25. The summed E-state index contributed by atoms with van der Waals surface area (Å²) < 4.78 is 1.13. The molecule has 0 saturated carbocycles. The fourth-order valence-electron chi connectivity index (χ4n) is 1.97. The Labute approximate surface area is 127 Å². The maximum atomic E-state index is 12.3. The largest absolute Gasteiger partial charge is 0.480 e. The Morgan fingerprint density at radius 1 is 0.783 bits per heavy atom. The molecule has 0 aliphatic heterocycles. The van der Waals surface area contributed by atoms with E-state index in [1.807, 2.05) is 0 Å². The summed E-state index contributed by atoms with van der Waals surface area (Å²) in [7, 11) is 0. The molecule has 1 aromatic carbocycles. The van der Waals surface area contributed by atoms with Gasteiger partial charge in [0.05, 0.1) is 5.69 Å². The van der Waals surface area contributed by atoms with E-state index in [-0.39, 0.29) is 5.69 Å². The lowest BCUT2D eigenvalue weighted by molar-refractivity contribution is -0.138. The van der Waals surface area contributed by atoms with E-state index in [4.69, 9.17) is 10.2 Å². The number of para-hydroxylation sites is 1. The van der Waals surface area contributed by atoms with E-state index in [1.54, 1.807) is 6.07 Å². The first-order valence-corrected chi connectivity index (χ1v) is 6.28. The Morgan fingerprint density at radius 2 is 1.22 bits per heavy atom. The highest BCUT2D eigenvalue weighted by Crippen LogP contribution is 1.99. The van der Waals surface area contributed by atoms with Crippen LogP contribution in [-0.4, -0.2) is 35.9 Å². The van der Waals surface area contributed by atoms with E-state index in [9.17, 15) is 24.0 Å². The third-order valence-electron chi connectivity index (χ3n) is 2.91. The molecule has 10 nitrogen and oxygen atoms in total. The summed E-state index contributed by atoms with van der Waals surface area (Å²) >= 11 is 0. The highest BCUT2D eigenvalue weighted by atomic mass is 16.4. The van der Waals surface area contributed by atoms with Crippen LogP contribution in [0.4, 0.5) is 0 Å². The van der Waals surface area contributed by atoms with Crippen molar-refractivity contribution < 1.29 is 19.8 Å². The van der Waals surface area contributed by atoms with Crippen molar-refractivity contribution in [2.75, 3.05) is 0 Å². The van der Waals surface area contributed by atoms with Gasteiger partial charge in [0.2, 0.25) is 0 Å². The number of carbonyl (C=O) groups is 2. The summed E-state index contributed by atoms with van der Waals surface area (Å²) in [6.07, 6.45) is 0. The SMILES string of the molecule is O=C(O)Cn1c(=O)n(CC(=O)O)c(=O)n(-c2ccccc2)c1=O. The van der Waals surface area contributed by atoms with Crippen molar-refractivity contribution in [2.24, 2.45) is 0 Å². The number of aromatic nitrogens is 3. The van der Waals surface area contributed by atoms with Crippen molar-refractivity contribution in [3.05, 3.63) is 61.8 Å². The second kappa shape index (κ2) is 6.13. The van der Waals surface area contributed by atoms with Gasteiger partial charge in [0, 0.05) is 0 Å². The number of rotatable bonds is 5. The number of aliphatic carboxylic acids is 2. The van der Waals surface area contributed by atoms with Crippen LogP contribution >= 0.6 is 0 Å². The first kappa shape index (κ1) is 15.9. The van der Waals surface area contributed by atoms with E-state index < -0.39 is 42.1 Å². The summed E-state index contributed by atoms with van der Waals surface area (Å²) in [5, 5.41) is 17.6. The molecule has 0 atom stereocenters. The van der Waals surface area contributed by atoms with Crippen LogP contribution in [0.5, 0.6) is 0 Å². The molecule has 0 aliphatic carbocycles. The zero-order valence-electron chi connectivity index (χ0n) is 11.6. The third kappa shape index (κ3) is 3.10. The molecule has 1 heterocycles. The third-order valence-corrected chi connectivity index (χ3v) is 2.91. The minimum atomic E-state index is -1.48. The number of hydrogen-bond donors (Lipinski definition) is 2. The summed E-state index contributed by atoms with van der Waals surface area (Å²) in [4.78, 5) is 58.3.